The Morgan fingerprint density at radius 3 is 2.50 bits per heavy atom. The molecule has 1 aliphatic heterocycles. The third kappa shape index (κ3) is 2.72. The van der Waals surface area contributed by atoms with E-state index in [0.717, 1.165) is 37.0 Å². The predicted octanol–water partition coefficient (Wildman–Crippen LogP) is 0.635. The molecule has 6 heteroatoms. The van der Waals surface area contributed by atoms with Crippen molar-refractivity contribution < 1.29 is 0 Å². The Kier molecular flexibility index (Phi) is 3.66. The molecule has 24 heavy (non-hydrogen) atoms. The van der Waals surface area contributed by atoms with Crippen molar-refractivity contribution in [2.75, 3.05) is 18.8 Å². The van der Waals surface area contributed by atoms with Crippen LogP contribution in [0.15, 0.2) is 41.3 Å². The van der Waals surface area contributed by atoms with E-state index in [1.165, 1.54) is 10.1 Å². The fourth-order valence-electron chi connectivity index (χ4n) is 3.84. The Labute approximate surface area is 141 Å². The Bertz CT molecular complexity index is 788. The fraction of sp³-hybridized carbons (Fsp3) is 0.444. The van der Waals surface area contributed by atoms with Crippen LogP contribution in [0.3, 0.4) is 0 Å². The summed E-state index contributed by atoms with van der Waals surface area (Å²) in [6, 6.07) is 10.7. The molecule has 1 saturated heterocycles. The summed E-state index contributed by atoms with van der Waals surface area (Å²) in [5.41, 5.74) is 13.3. The molecule has 1 saturated carbocycles. The number of fused-ring (bicyclic) bond motifs is 1. The predicted molar refractivity (Wildman–Crippen MR) is 93.9 cm³/mol. The van der Waals surface area contributed by atoms with Gasteiger partial charge in [-0.2, -0.15) is 4.98 Å². The van der Waals surface area contributed by atoms with Gasteiger partial charge in [0.1, 0.15) is 5.82 Å². The average Bonchev–Trinajstić information content (AvgIpc) is 2.97. The number of nitrogens with two attached hydrogens (primary N) is 2. The standard InChI is InChI=1S/C18H23N5O/c1-11(22-9-14-15(10-22)17(14)20)8-12-2-4-13(5-3-12)23-7-6-16(19)21-18(23)24/h2-7,11,14-15,17H,8-10,20H2,1H3,(H2,19,21,24)/t11?,14-,15+,17?. The minimum absolute atomic E-state index is 0.241. The van der Waals surface area contributed by atoms with E-state index in [-0.39, 0.29) is 11.5 Å². The molecule has 0 amide bonds. The van der Waals surface area contributed by atoms with Crippen molar-refractivity contribution >= 4 is 5.82 Å². The maximum atomic E-state index is 11.9. The van der Waals surface area contributed by atoms with Crippen LogP contribution in [-0.2, 0) is 6.42 Å². The maximum absolute atomic E-state index is 11.9. The lowest BCUT2D eigenvalue weighted by Crippen LogP contribution is -2.36. The monoisotopic (exact) mass is 325 g/mol. The lowest BCUT2D eigenvalue weighted by molar-refractivity contribution is 0.227. The first kappa shape index (κ1) is 15.4. The summed E-state index contributed by atoms with van der Waals surface area (Å²) >= 11 is 0. The molecule has 0 bridgehead atoms. The van der Waals surface area contributed by atoms with E-state index in [2.05, 4.69) is 28.9 Å². The highest BCUT2D eigenvalue weighted by Crippen LogP contribution is 2.44. The molecule has 1 aromatic heterocycles. The minimum atomic E-state index is -0.358. The van der Waals surface area contributed by atoms with E-state index < -0.39 is 0 Å². The number of anilines is 1. The third-order valence-corrected chi connectivity index (χ3v) is 5.48. The number of hydrogen-bond acceptors (Lipinski definition) is 5. The largest absolute Gasteiger partial charge is 0.383 e. The molecule has 4 rings (SSSR count). The van der Waals surface area contributed by atoms with Gasteiger partial charge in [-0.1, -0.05) is 12.1 Å². The summed E-state index contributed by atoms with van der Waals surface area (Å²) in [7, 11) is 0. The SMILES string of the molecule is CC(Cc1ccc(-n2ccc(N)nc2=O)cc1)N1C[C@@H]2C(N)[C@@H]2C1. The van der Waals surface area contributed by atoms with Crippen molar-refractivity contribution in [1.82, 2.24) is 14.5 Å². The highest BCUT2D eigenvalue weighted by molar-refractivity contribution is 5.36. The molecule has 2 heterocycles. The van der Waals surface area contributed by atoms with Crippen LogP contribution >= 0.6 is 0 Å². The second-order valence-corrected chi connectivity index (χ2v) is 7.08. The Hall–Kier alpha value is -2.18. The molecule has 2 aromatic rings. The van der Waals surface area contributed by atoms with E-state index in [4.69, 9.17) is 11.5 Å². The second-order valence-electron chi connectivity index (χ2n) is 7.08. The number of nitrogens with zero attached hydrogens (tertiary/aromatic N) is 3. The van der Waals surface area contributed by atoms with Crippen LogP contribution < -0.4 is 17.2 Å². The molecule has 2 fully saturated rings. The third-order valence-electron chi connectivity index (χ3n) is 5.48. The number of hydrogen-bond donors (Lipinski definition) is 2. The summed E-state index contributed by atoms with van der Waals surface area (Å²) in [5.74, 6) is 1.68. The van der Waals surface area contributed by atoms with Gasteiger partial charge >= 0.3 is 5.69 Å². The number of aromatic nitrogens is 2. The number of benzene rings is 1. The molecule has 1 aliphatic carbocycles. The van der Waals surface area contributed by atoms with Gasteiger partial charge in [0.2, 0.25) is 0 Å². The van der Waals surface area contributed by atoms with Crippen molar-refractivity contribution in [2.45, 2.75) is 25.4 Å². The molecule has 126 valence electrons. The normalized spacial score (nSPS) is 27.0. The van der Waals surface area contributed by atoms with E-state index in [9.17, 15) is 4.79 Å². The van der Waals surface area contributed by atoms with Gasteiger partial charge in [-0.05, 0) is 48.9 Å². The first-order valence-electron chi connectivity index (χ1n) is 8.47. The molecule has 4 N–H and O–H groups in total. The summed E-state index contributed by atoms with van der Waals surface area (Å²) < 4.78 is 1.50. The molecule has 0 radical (unpaired) electrons. The van der Waals surface area contributed by atoms with E-state index >= 15 is 0 Å². The first-order valence-corrected chi connectivity index (χ1v) is 8.47. The van der Waals surface area contributed by atoms with Gasteiger partial charge < -0.3 is 11.5 Å². The second kappa shape index (κ2) is 5.72. The summed E-state index contributed by atoms with van der Waals surface area (Å²) in [6.07, 6.45) is 2.66. The summed E-state index contributed by atoms with van der Waals surface area (Å²) in [5, 5.41) is 0. The van der Waals surface area contributed by atoms with Gasteiger partial charge in [0, 0.05) is 31.4 Å². The Morgan fingerprint density at radius 1 is 1.21 bits per heavy atom. The molecule has 2 aliphatic rings. The van der Waals surface area contributed by atoms with Gasteiger partial charge in [-0.25, -0.2) is 4.79 Å². The molecule has 0 spiro atoms. The van der Waals surface area contributed by atoms with Crippen LogP contribution in [0.4, 0.5) is 5.82 Å². The zero-order valence-electron chi connectivity index (χ0n) is 13.8. The van der Waals surface area contributed by atoms with E-state index in [0.29, 0.717) is 12.1 Å². The van der Waals surface area contributed by atoms with Gasteiger partial charge in [0.05, 0.1) is 5.69 Å². The van der Waals surface area contributed by atoms with Crippen LogP contribution in [0.2, 0.25) is 0 Å². The van der Waals surface area contributed by atoms with Crippen molar-refractivity contribution in [2.24, 2.45) is 17.6 Å². The quantitative estimate of drug-likeness (QED) is 0.861. The molecule has 2 unspecified atom stereocenters. The van der Waals surface area contributed by atoms with Crippen molar-refractivity contribution in [3.8, 4) is 5.69 Å². The molecular formula is C18H23N5O. The van der Waals surface area contributed by atoms with Gasteiger partial charge in [0.15, 0.2) is 0 Å². The number of piperidine rings is 1. The number of nitrogen functional groups attached to an aromatic ring is 1. The number of rotatable bonds is 4. The van der Waals surface area contributed by atoms with Crippen molar-refractivity contribution in [1.29, 1.82) is 0 Å². The molecular weight excluding hydrogens is 302 g/mol. The highest BCUT2D eigenvalue weighted by atomic mass is 16.1. The summed E-state index contributed by atoms with van der Waals surface area (Å²) in [6.45, 7) is 4.55. The summed E-state index contributed by atoms with van der Waals surface area (Å²) in [4.78, 5) is 18.2. The van der Waals surface area contributed by atoms with Crippen LogP contribution in [0.5, 0.6) is 0 Å². The Morgan fingerprint density at radius 2 is 1.88 bits per heavy atom. The van der Waals surface area contributed by atoms with Gasteiger partial charge in [0.25, 0.3) is 0 Å². The van der Waals surface area contributed by atoms with Crippen LogP contribution in [0.25, 0.3) is 5.69 Å². The van der Waals surface area contributed by atoms with Crippen molar-refractivity contribution in [3.05, 3.63) is 52.6 Å². The fourth-order valence-corrected chi connectivity index (χ4v) is 3.84. The smallest absolute Gasteiger partial charge is 0.354 e. The highest BCUT2D eigenvalue weighted by Gasteiger charge is 2.54. The van der Waals surface area contributed by atoms with E-state index in [1.54, 1.807) is 12.3 Å². The molecule has 1 aromatic carbocycles. The zero-order valence-corrected chi connectivity index (χ0v) is 13.8. The lowest BCUT2D eigenvalue weighted by atomic mass is 10.1. The van der Waals surface area contributed by atoms with Crippen LogP contribution in [0, 0.1) is 11.8 Å². The number of likely N-dealkylation sites (tertiary alicyclic amines) is 1. The molecule has 4 atom stereocenters. The zero-order chi connectivity index (χ0) is 16.8. The lowest BCUT2D eigenvalue weighted by Gasteiger charge is -2.26. The van der Waals surface area contributed by atoms with Crippen LogP contribution in [-0.4, -0.2) is 39.6 Å². The van der Waals surface area contributed by atoms with Crippen LogP contribution in [0.1, 0.15) is 12.5 Å². The first-order chi connectivity index (χ1) is 11.5. The van der Waals surface area contributed by atoms with Gasteiger partial charge in [-0.15, -0.1) is 0 Å². The average molecular weight is 325 g/mol. The molecule has 6 nitrogen and oxygen atoms in total. The van der Waals surface area contributed by atoms with E-state index in [1.807, 2.05) is 12.1 Å². The van der Waals surface area contributed by atoms with Crippen molar-refractivity contribution in [3.63, 3.8) is 0 Å². The topological polar surface area (TPSA) is 90.2 Å². The minimum Gasteiger partial charge on any atom is -0.383 e. The van der Waals surface area contributed by atoms with Gasteiger partial charge in [-0.3, -0.25) is 9.47 Å². The Balaban J connectivity index is 1.43. The maximum Gasteiger partial charge on any atom is 0.354 e.